The summed E-state index contributed by atoms with van der Waals surface area (Å²) in [5, 5.41) is 3.46. The Morgan fingerprint density at radius 2 is 1.81 bits per heavy atom. The van der Waals surface area contributed by atoms with E-state index in [2.05, 4.69) is 58.6 Å². The molecule has 0 bridgehead atoms. The number of para-hydroxylation sites is 1. The van der Waals surface area contributed by atoms with E-state index in [1.165, 1.54) is 27.0 Å². The molecule has 1 aliphatic heterocycles. The normalized spacial score (nSPS) is 17.0. The Kier molecular flexibility index (Phi) is 5.06. The number of nitrogens with zero attached hydrogens (tertiary/aromatic N) is 2. The zero-order valence-electron chi connectivity index (χ0n) is 16.2. The van der Waals surface area contributed by atoms with Crippen molar-refractivity contribution in [1.29, 1.82) is 0 Å². The highest BCUT2D eigenvalue weighted by molar-refractivity contribution is 7.10. The van der Waals surface area contributed by atoms with Gasteiger partial charge in [0.1, 0.15) is 0 Å². The minimum Gasteiger partial charge on any atom is -0.358 e. The second kappa shape index (κ2) is 7.49. The summed E-state index contributed by atoms with van der Waals surface area (Å²) in [5.74, 6) is 0.339. The van der Waals surface area contributed by atoms with Crippen LogP contribution in [0.2, 0.25) is 0 Å². The van der Waals surface area contributed by atoms with Crippen molar-refractivity contribution >= 4 is 28.1 Å². The Morgan fingerprint density at radius 1 is 1.07 bits per heavy atom. The molecule has 1 unspecified atom stereocenters. The monoisotopic (exact) mass is 381 g/mol. The standard InChI is InChI=1S/C22H27N3OS/c1-15(2)22(26)25-12-10-24(11-13-25)21(19-9-6-14-27-19)20-16(3)23-18-8-5-4-7-17(18)20/h4-9,14-15,21,23H,10-13H2,1-3H3. The second-order valence-corrected chi connectivity index (χ2v) is 8.62. The lowest BCUT2D eigenvalue weighted by molar-refractivity contribution is -0.136. The third kappa shape index (κ3) is 3.42. The van der Waals surface area contributed by atoms with Gasteiger partial charge in [0.05, 0.1) is 6.04 Å². The first-order valence-electron chi connectivity index (χ1n) is 9.69. The SMILES string of the molecule is Cc1[nH]c2ccccc2c1C(c1cccs1)N1CCN(C(=O)C(C)C)CC1. The van der Waals surface area contributed by atoms with Gasteiger partial charge in [-0.15, -0.1) is 11.3 Å². The van der Waals surface area contributed by atoms with Crippen LogP contribution in [-0.4, -0.2) is 46.9 Å². The molecule has 1 N–H and O–H groups in total. The Morgan fingerprint density at radius 3 is 2.48 bits per heavy atom. The van der Waals surface area contributed by atoms with Crippen molar-refractivity contribution in [2.75, 3.05) is 26.2 Å². The number of thiophene rings is 1. The molecule has 0 saturated carbocycles. The van der Waals surface area contributed by atoms with Crippen LogP contribution in [0.3, 0.4) is 0 Å². The largest absolute Gasteiger partial charge is 0.358 e. The molecule has 0 spiro atoms. The zero-order chi connectivity index (χ0) is 19.0. The van der Waals surface area contributed by atoms with Crippen LogP contribution >= 0.6 is 11.3 Å². The van der Waals surface area contributed by atoms with Gasteiger partial charge >= 0.3 is 0 Å². The van der Waals surface area contributed by atoms with E-state index >= 15 is 0 Å². The molecule has 1 aromatic carbocycles. The maximum absolute atomic E-state index is 12.4. The molecule has 0 aliphatic carbocycles. The number of benzene rings is 1. The first-order chi connectivity index (χ1) is 13.1. The summed E-state index contributed by atoms with van der Waals surface area (Å²) in [6, 6.07) is 13.2. The van der Waals surface area contributed by atoms with Crippen LogP contribution in [0.1, 0.15) is 36.0 Å². The molecule has 4 rings (SSSR count). The van der Waals surface area contributed by atoms with E-state index in [1.54, 1.807) is 0 Å². The summed E-state index contributed by atoms with van der Waals surface area (Å²) < 4.78 is 0. The van der Waals surface area contributed by atoms with Crippen molar-refractivity contribution in [2.45, 2.75) is 26.8 Å². The van der Waals surface area contributed by atoms with E-state index < -0.39 is 0 Å². The number of aromatic amines is 1. The summed E-state index contributed by atoms with van der Waals surface area (Å²) in [4.78, 5) is 21.9. The molecule has 1 saturated heterocycles. The van der Waals surface area contributed by atoms with E-state index in [1.807, 2.05) is 30.1 Å². The van der Waals surface area contributed by atoms with Crippen LogP contribution in [-0.2, 0) is 4.79 Å². The van der Waals surface area contributed by atoms with Crippen LogP contribution in [0.15, 0.2) is 41.8 Å². The minimum absolute atomic E-state index is 0.0699. The molecule has 27 heavy (non-hydrogen) atoms. The Bertz CT molecular complexity index is 920. The highest BCUT2D eigenvalue weighted by Gasteiger charge is 2.31. The maximum Gasteiger partial charge on any atom is 0.225 e. The lowest BCUT2D eigenvalue weighted by Gasteiger charge is -2.40. The summed E-state index contributed by atoms with van der Waals surface area (Å²) >= 11 is 1.82. The lowest BCUT2D eigenvalue weighted by atomic mass is 9.99. The summed E-state index contributed by atoms with van der Waals surface area (Å²) in [6.45, 7) is 9.56. The van der Waals surface area contributed by atoms with Gasteiger partial charge in [0.2, 0.25) is 5.91 Å². The number of aryl methyl sites for hydroxylation is 1. The van der Waals surface area contributed by atoms with Crippen molar-refractivity contribution in [3.05, 3.63) is 57.9 Å². The van der Waals surface area contributed by atoms with Crippen LogP contribution in [0.5, 0.6) is 0 Å². The summed E-state index contributed by atoms with van der Waals surface area (Å²) in [5.41, 5.74) is 3.80. The third-order valence-corrected chi connectivity index (χ3v) is 6.44. The molecule has 3 aromatic rings. The van der Waals surface area contributed by atoms with Crippen LogP contribution in [0, 0.1) is 12.8 Å². The molecule has 1 fully saturated rings. The number of carbonyl (C=O) groups is 1. The average Bonchev–Trinajstić information content (AvgIpc) is 3.31. The quantitative estimate of drug-likeness (QED) is 0.726. The Balaban J connectivity index is 1.68. The van der Waals surface area contributed by atoms with Gasteiger partial charge in [-0.25, -0.2) is 0 Å². The summed E-state index contributed by atoms with van der Waals surface area (Å²) in [7, 11) is 0. The Hall–Kier alpha value is -2.11. The third-order valence-electron chi connectivity index (χ3n) is 5.51. The number of rotatable bonds is 4. The van der Waals surface area contributed by atoms with E-state index in [-0.39, 0.29) is 17.9 Å². The second-order valence-electron chi connectivity index (χ2n) is 7.64. The molecular weight excluding hydrogens is 354 g/mol. The molecule has 1 amide bonds. The van der Waals surface area contributed by atoms with Crippen molar-refractivity contribution in [2.24, 2.45) is 5.92 Å². The number of carbonyl (C=O) groups excluding carboxylic acids is 1. The van der Waals surface area contributed by atoms with Gasteiger partial charge in [-0.2, -0.15) is 0 Å². The molecule has 1 aliphatic rings. The van der Waals surface area contributed by atoms with Crippen molar-refractivity contribution in [1.82, 2.24) is 14.8 Å². The van der Waals surface area contributed by atoms with Gasteiger partial charge in [0, 0.05) is 59.1 Å². The number of amides is 1. The summed E-state index contributed by atoms with van der Waals surface area (Å²) in [6.07, 6.45) is 0. The highest BCUT2D eigenvalue weighted by Crippen LogP contribution is 2.38. The van der Waals surface area contributed by atoms with Crippen molar-refractivity contribution in [3.63, 3.8) is 0 Å². The molecule has 3 heterocycles. The van der Waals surface area contributed by atoms with Crippen LogP contribution in [0.4, 0.5) is 0 Å². The molecule has 4 nitrogen and oxygen atoms in total. The first-order valence-corrected chi connectivity index (χ1v) is 10.6. The van der Waals surface area contributed by atoms with Gasteiger partial charge in [-0.1, -0.05) is 38.1 Å². The van der Waals surface area contributed by atoms with E-state index in [0.717, 1.165) is 26.2 Å². The van der Waals surface area contributed by atoms with Gasteiger partial charge in [-0.3, -0.25) is 9.69 Å². The van der Waals surface area contributed by atoms with Crippen molar-refractivity contribution < 1.29 is 4.79 Å². The fourth-order valence-electron chi connectivity index (χ4n) is 4.17. The molecule has 1 atom stereocenters. The molecule has 2 aromatic heterocycles. The van der Waals surface area contributed by atoms with Crippen LogP contribution < -0.4 is 0 Å². The van der Waals surface area contributed by atoms with Crippen LogP contribution in [0.25, 0.3) is 10.9 Å². The average molecular weight is 382 g/mol. The number of hydrogen-bond acceptors (Lipinski definition) is 3. The highest BCUT2D eigenvalue weighted by atomic mass is 32.1. The number of piperazine rings is 1. The van der Waals surface area contributed by atoms with Crippen molar-refractivity contribution in [3.8, 4) is 0 Å². The molecule has 5 heteroatoms. The fourth-order valence-corrected chi connectivity index (χ4v) is 5.04. The molecular formula is C22H27N3OS. The number of fused-ring (bicyclic) bond motifs is 1. The van der Waals surface area contributed by atoms with E-state index in [4.69, 9.17) is 0 Å². The Labute approximate surface area is 164 Å². The van der Waals surface area contributed by atoms with E-state index in [0.29, 0.717) is 0 Å². The molecule has 142 valence electrons. The predicted molar refractivity (Wildman–Crippen MR) is 112 cm³/mol. The minimum atomic E-state index is 0.0699. The van der Waals surface area contributed by atoms with E-state index in [9.17, 15) is 4.79 Å². The van der Waals surface area contributed by atoms with Gasteiger partial charge in [0.15, 0.2) is 0 Å². The molecule has 0 radical (unpaired) electrons. The fraction of sp³-hybridized carbons (Fsp3) is 0.409. The van der Waals surface area contributed by atoms with Gasteiger partial charge < -0.3 is 9.88 Å². The lowest BCUT2D eigenvalue weighted by Crippen LogP contribution is -2.50. The zero-order valence-corrected chi connectivity index (χ0v) is 17.1. The maximum atomic E-state index is 12.4. The first kappa shape index (κ1) is 18.3. The predicted octanol–water partition coefficient (Wildman–Crippen LogP) is 4.43. The number of aromatic nitrogens is 1. The number of nitrogens with one attached hydrogen (secondary N) is 1. The smallest absolute Gasteiger partial charge is 0.225 e. The van der Waals surface area contributed by atoms with Gasteiger partial charge in [-0.05, 0) is 24.4 Å². The topological polar surface area (TPSA) is 39.3 Å². The number of H-pyrrole nitrogens is 1. The van der Waals surface area contributed by atoms with Gasteiger partial charge in [0.25, 0.3) is 0 Å². The number of hydrogen-bond donors (Lipinski definition) is 1.